The van der Waals surface area contributed by atoms with Crippen LogP contribution >= 0.6 is 11.6 Å². The molecule has 0 atom stereocenters. The summed E-state index contributed by atoms with van der Waals surface area (Å²) in [5, 5.41) is 16.8. The van der Waals surface area contributed by atoms with E-state index >= 15 is 0 Å². The fourth-order valence-corrected chi connectivity index (χ4v) is 2.90. The van der Waals surface area contributed by atoms with E-state index in [4.69, 9.17) is 11.6 Å². The highest BCUT2D eigenvalue weighted by atomic mass is 35.5. The number of nitrogens with one attached hydrogen (secondary N) is 1. The van der Waals surface area contributed by atoms with Gasteiger partial charge in [0.25, 0.3) is 0 Å². The van der Waals surface area contributed by atoms with E-state index < -0.39 is 0 Å². The zero-order chi connectivity index (χ0) is 17.8. The van der Waals surface area contributed by atoms with Gasteiger partial charge in [-0.05, 0) is 49.2 Å². The summed E-state index contributed by atoms with van der Waals surface area (Å²) in [6.07, 6.45) is 3.52. The van der Waals surface area contributed by atoms with Gasteiger partial charge < -0.3 is 10.5 Å². The van der Waals surface area contributed by atoms with Crippen LogP contribution in [0.2, 0.25) is 5.02 Å². The molecule has 1 heterocycles. The highest BCUT2D eigenvalue weighted by Crippen LogP contribution is 2.27. The van der Waals surface area contributed by atoms with Crippen LogP contribution in [0.15, 0.2) is 66.1 Å². The Balaban J connectivity index is 1.94. The molecule has 0 saturated carbocycles. The van der Waals surface area contributed by atoms with Gasteiger partial charge in [0.15, 0.2) is 0 Å². The predicted octanol–water partition coefficient (Wildman–Crippen LogP) is 5.32. The van der Waals surface area contributed by atoms with E-state index in [0.717, 1.165) is 28.1 Å². The molecule has 126 valence electrons. The van der Waals surface area contributed by atoms with E-state index in [1.165, 1.54) is 0 Å². The van der Waals surface area contributed by atoms with Crippen molar-refractivity contribution in [1.82, 2.24) is 4.98 Å². The molecule has 25 heavy (non-hydrogen) atoms. The van der Waals surface area contributed by atoms with Gasteiger partial charge in [-0.3, -0.25) is 4.98 Å². The lowest BCUT2D eigenvalue weighted by atomic mass is 9.98. The normalized spacial score (nSPS) is 11.4. The molecule has 3 rings (SSSR count). The largest absolute Gasteiger partial charge is 0.410 e. The molecular weight excluding hydrogens is 334 g/mol. The van der Waals surface area contributed by atoms with E-state index in [1.54, 1.807) is 12.4 Å². The Bertz CT molecular complexity index is 938. The predicted molar refractivity (Wildman–Crippen MR) is 102 cm³/mol. The fourth-order valence-electron chi connectivity index (χ4n) is 2.63. The van der Waals surface area contributed by atoms with Crippen LogP contribution in [0.4, 0.5) is 11.4 Å². The molecule has 0 aliphatic rings. The van der Waals surface area contributed by atoms with Crippen molar-refractivity contribution < 1.29 is 5.21 Å². The quantitative estimate of drug-likeness (QED) is 0.380. The molecule has 5 heteroatoms. The first-order valence-electron chi connectivity index (χ1n) is 7.86. The molecule has 2 aromatic carbocycles. The number of halogens is 1. The summed E-state index contributed by atoms with van der Waals surface area (Å²) in [6, 6.07) is 15.2. The molecule has 0 aliphatic heterocycles. The average Bonchev–Trinajstić information content (AvgIpc) is 2.61. The number of rotatable bonds is 4. The smallest absolute Gasteiger partial charge is 0.118 e. The number of hydrogen-bond acceptors (Lipinski definition) is 4. The highest BCUT2D eigenvalue weighted by Gasteiger charge is 2.14. The van der Waals surface area contributed by atoms with Crippen molar-refractivity contribution in [3.05, 3.63) is 88.2 Å². The molecule has 3 aromatic rings. The van der Waals surface area contributed by atoms with Crippen LogP contribution in [0, 0.1) is 13.8 Å². The van der Waals surface area contributed by atoms with E-state index in [9.17, 15) is 5.21 Å². The van der Waals surface area contributed by atoms with Crippen molar-refractivity contribution in [2.24, 2.45) is 5.16 Å². The van der Waals surface area contributed by atoms with Crippen molar-refractivity contribution in [2.45, 2.75) is 13.8 Å². The van der Waals surface area contributed by atoms with Crippen LogP contribution in [-0.4, -0.2) is 15.9 Å². The van der Waals surface area contributed by atoms with Crippen LogP contribution in [0.25, 0.3) is 0 Å². The summed E-state index contributed by atoms with van der Waals surface area (Å²) in [4.78, 5) is 4.12. The van der Waals surface area contributed by atoms with E-state index in [-0.39, 0.29) is 0 Å². The molecule has 0 bridgehead atoms. The van der Waals surface area contributed by atoms with Gasteiger partial charge in [-0.25, -0.2) is 0 Å². The maximum absolute atomic E-state index is 9.53. The standard InChI is InChI=1S/C20H18ClN3O/c1-13-5-3-4-6-16(13)20(24-25)17-8-7-15(11-18(17)21)23-19-12-22-10-9-14(19)2/h3-12,23,25H,1-2H3. The number of benzene rings is 2. The Morgan fingerprint density at radius 3 is 2.52 bits per heavy atom. The van der Waals surface area contributed by atoms with E-state index in [2.05, 4.69) is 15.5 Å². The Morgan fingerprint density at radius 1 is 1.04 bits per heavy atom. The fraction of sp³-hybridized carbons (Fsp3) is 0.100. The maximum Gasteiger partial charge on any atom is 0.118 e. The van der Waals surface area contributed by atoms with Gasteiger partial charge in [-0.15, -0.1) is 0 Å². The molecule has 2 N–H and O–H groups in total. The maximum atomic E-state index is 9.53. The van der Waals surface area contributed by atoms with Crippen molar-refractivity contribution in [2.75, 3.05) is 5.32 Å². The van der Waals surface area contributed by atoms with Gasteiger partial charge in [0, 0.05) is 23.0 Å². The Labute approximate surface area is 151 Å². The van der Waals surface area contributed by atoms with Gasteiger partial charge in [-0.2, -0.15) is 0 Å². The van der Waals surface area contributed by atoms with Crippen molar-refractivity contribution in [3.63, 3.8) is 0 Å². The van der Waals surface area contributed by atoms with Gasteiger partial charge in [0.2, 0.25) is 0 Å². The summed E-state index contributed by atoms with van der Waals surface area (Å²) in [5.74, 6) is 0. The highest BCUT2D eigenvalue weighted by molar-refractivity contribution is 6.35. The second kappa shape index (κ2) is 7.36. The summed E-state index contributed by atoms with van der Waals surface area (Å²) < 4.78 is 0. The molecule has 0 unspecified atom stereocenters. The van der Waals surface area contributed by atoms with Crippen molar-refractivity contribution in [1.29, 1.82) is 0 Å². The summed E-state index contributed by atoms with van der Waals surface area (Å²) in [6.45, 7) is 3.98. The van der Waals surface area contributed by atoms with Gasteiger partial charge in [0.1, 0.15) is 5.71 Å². The Morgan fingerprint density at radius 2 is 1.84 bits per heavy atom. The first kappa shape index (κ1) is 17.0. The van der Waals surface area contributed by atoms with Crippen LogP contribution in [0.3, 0.4) is 0 Å². The third-order valence-electron chi connectivity index (χ3n) is 4.04. The van der Waals surface area contributed by atoms with Crippen LogP contribution in [0.1, 0.15) is 22.3 Å². The molecule has 4 nitrogen and oxygen atoms in total. The minimum absolute atomic E-state index is 0.451. The zero-order valence-electron chi connectivity index (χ0n) is 14.0. The van der Waals surface area contributed by atoms with Gasteiger partial charge in [0.05, 0.1) is 16.9 Å². The summed E-state index contributed by atoms with van der Waals surface area (Å²) >= 11 is 6.46. The Hall–Kier alpha value is -2.85. The zero-order valence-corrected chi connectivity index (χ0v) is 14.7. The SMILES string of the molecule is Cc1ccncc1Nc1ccc(C(=NO)c2ccccc2C)c(Cl)c1. The van der Waals surface area contributed by atoms with Crippen LogP contribution in [-0.2, 0) is 0 Å². The lowest BCUT2D eigenvalue weighted by Crippen LogP contribution is -2.06. The number of aromatic nitrogens is 1. The summed E-state index contributed by atoms with van der Waals surface area (Å²) in [5.41, 5.74) is 5.83. The minimum atomic E-state index is 0.451. The molecule has 0 aliphatic carbocycles. The van der Waals surface area contributed by atoms with Crippen molar-refractivity contribution in [3.8, 4) is 0 Å². The lowest BCUT2D eigenvalue weighted by molar-refractivity contribution is 0.319. The van der Waals surface area contributed by atoms with Crippen molar-refractivity contribution >= 4 is 28.7 Å². The molecule has 0 radical (unpaired) electrons. The van der Waals surface area contributed by atoms with Gasteiger partial charge >= 0.3 is 0 Å². The molecule has 1 aromatic heterocycles. The number of nitrogens with zero attached hydrogens (tertiary/aromatic N) is 2. The minimum Gasteiger partial charge on any atom is -0.410 e. The van der Waals surface area contributed by atoms with Crippen LogP contribution in [0.5, 0.6) is 0 Å². The number of anilines is 2. The second-order valence-corrected chi connectivity index (χ2v) is 6.18. The average molecular weight is 352 g/mol. The number of hydrogen-bond donors (Lipinski definition) is 2. The van der Waals surface area contributed by atoms with E-state index in [0.29, 0.717) is 16.3 Å². The topological polar surface area (TPSA) is 57.5 Å². The third kappa shape index (κ3) is 3.64. The number of oxime groups is 1. The lowest BCUT2D eigenvalue weighted by Gasteiger charge is -2.13. The molecule has 0 saturated heterocycles. The summed E-state index contributed by atoms with van der Waals surface area (Å²) in [7, 11) is 0. The first-order valence-corrected chi connectivity index (χ1v) is 8.23. The first-order chi connectivity index (χ1) is 12.1. The molecule has 0 fully saturated rings. The molecule has 0 amide bonds. The molecule has 0 spiro atoms. The third-order valence-corrected chi connectivity index (χ3v) is 4.36. The van der Waals surface area contributed by atoms with E-state index in [1.807, 2.05) is 62.4 Å². The van der Waals surface area contributed by atoms with Crippen LogP contribution < -0.4 is 5.32 Å². The molecular formula is C20H18ClN3O. The van der Waals surface area contributed by atoms with Gasteiger partial charge in [-0.1, -0.05) is 41.0 Å². The monoisotopic (exact) mass is 351 g/mol. The number of pyridine rings is 1. The Kier molecular flexibility index (Phi) is 5.00. The second-order valence-electron chi connectivity index (χ2n) is 5.77. The number of aryl methyl sites for hydroxylation is 2.